The van der Waals surface area contributed by atoms with Gasteiger partial charge in [-0.3, -0.25) is 9.89 Å². The van der Waals surface area contributed by atoms with Crippen LogP contribution in [0.3, 0.4) is 0 Å². The normalized spacial score (nSPS) is 19.7. The zero-order valence-electron chi connectivity index (χ0n) is 16.5. The van der Waals surface area contributed by atoms with Crippen molar-refractivity contribution in [3.8, 4) is 0 Å². The maximum absolute atomic E-state index is 6.37. The van der Waals surface area contributed by atoms with Crippen LogP contribution in [0.1, 0.15) is 11.6 Å². The van der Waals surface area contributed by atoms with Crippen LogP contribution in [-0.4, -0.2) is 79.8 Å². The first-order valence-corrected chi connectivity index (χ1v) is 10.8. The second-order valence-electron chi connectivity index (χ2n) is 7.06. The topological polar surface area (TPSA) is 70.2 Å². The molecule has 7 nitrogen and oxygen atoms in total. The fourth-order valence-corrected chi connectivity index (χ4v) is 4.47. The number of ether oxygens (including phenoxy) is 1. The Morgan fingerprint density at radius 2 is 1.83 bits per heavy atom. The molecule has 29 heavy (non-hydrogen) atoms. The number of aromatic nitrogens is 1. The number of thiazole rings is 1. The van der Waals surface area contributed by atoms with Crippen molar-refractivity contribution in [3.05, 3.63) is 47.5 Å². The van der Waals surface area contributed by atoms with Crippen LogP contribution in [0.5, 0.6) is 0 Å². The van der Waals surface area contributed by atoms with Crippen LogP contribution in [0.4, 0.5) is 5.13 Å². The van der Waals surface area contributed by atoms with Crippen molar-refractivity contribution in [2.24, 2.45) is 10.7 Å². The van der Waals surface area contributed by atoms with Crippen molar-refractivity contribution >= 4 is 46.4 Å². The van der Waals surface area contributed by atoms with E-state index in [1.165, 1.54) is 5.56 Å². The molecule has 2 fully saturated rings. The molecule has 0 amide bonds. The minimum Gasteiger partial charge on any atom is -0.379 e. The zero-order valence-corrected chi connectivity index (χ0v) is 19.7. The van der Waals surface area contributed by atoms with Crippen LogP contribution >= 0.6 is 35.3 Å². The molecule has 0 spiro atoms. The molecule has 0 bridgehead atoms. The SMILES string of the molecule is I.NC(=NCC(c1ccccc1)N1CCOCC1)N1CCN(c2nccs2)CC1. The molecule has 1 atom stereocenters. The van der Waals surface area contributed by atoms with Crippen LogP contribution in [0.15, 0.2) is 46.9 Å². The van der Waals surface area contributed by atoms with Gasteiger partial charge >= 0.3 is 0 Å². The monoisotopic (exact) mass is 528 g/mol. The Hall–Kier alpha value is -1.43. The zero-order chi connectivity index (χ0) is 19.2. The van der Waals surface area contributed by atoms with Crippen LogP contribution in [0.25, 0.3) is 0 Å². The second kappa shape index (κ2) is 11.1. The number of hydrogen-bond acceptors (Lipinski definition) is 6. The summed E-state index contributed by atoms with van der Waals surface area (Å²) in [5.74, 6) is 0.646. The molecule has 0 saturated carbocycles. The summed E-state index contributed by atoms with van der Waals surface area (Å²) >= 11 is 1.69. The van der Waals surface area contributed by atoms with E-state index >= 15 is 0 Å². The number of hydrogen-bond donors (Lipinski definition) is 1. The van der Waals surface area contributed by atoms with Gasteiger partial charge in [-0.25, -0.2) is 4.98 Å². The van der Waals surface area contributed by atoms with Gasteiger partial charge in [-0.15, -0.1) is 35.3 Å². The van der Waals surface area contributed by atoms with Crippen molar-refractivity contribution in [1.82, 2.24) is 14.8 Å². The molecule has 3 heterocycles. The minimum atomic E-state index is 0. The van der Waals surface area contributed by atoms with E-state index in [2.05, 4.69) is 50.0 Å². The summed E-state index contributed by atoms with van der Waals surface area (Å²) in [6.07, 6.45) is 1.86. The Kier molecular flexibility index (Phi) is 8.52. The van der Waals surface area contributed by atoms with Gasteiger partial charge in [-0.1, -0.05) is 30.3 Å². The molecule has 9 heteroatoms. The van der Waals surface area contributed by atoms with E-state index in [0.717, 1.165) is 57.6 Å². The number of aliphatic imine (C=N–C) groups is 1. The maximum atomic E-state index is 6.37. The van der Waals surface area contributed by atoms with Crippen molar-refractivity contribution in [2.75, 3.05) is 63.9 Å². The molecule has 0 radical (unpaired) electrons. The highest BCUT2D eigenvalue weighted by molar-refractivity contribution is 14.0. The molecule has 0 aliphatic carbocycles. The lowest BCUT2D eigenvalue weighted by Gasteiger charge is -2.36. The van der Waals surface area contributed by atoms with Crippen LogP contribution in [0, 0.1) is 0 Å². The first-order chi connectivity index (χ1) is 13.8. The first-order valence-electron chi connectivity index (χ1n) is 9.87. The number of morpholine rings is 1. The third kappa shape index (κ3) is 5.80. The Labute approximate surface area is 193 Å². The lowest BCUT2D eigenvalue weighted by Crippen LogP contribution is -2.51. The van der Waals surface area contributed by atoms with Crippen molar-refractivity contribution < 1.29 is 4.74 Å². The number of anilines is 1. The van der Waals surface area contributed by atoms with Gasteiger partial charge in [0.2, 0.25) is 0 Å². The predicted octanol–water partition coefficient (Wildman–Crippen LogP) is 2.27. The third-order valence-electron chi connectivity index (χ3n) is 5.39. The molecule has 2 aliphatic heterocycles. The summed E-state index contributed by atoms with van der Waals surface area (Å²) in [5, 5.41) is 3.11. The maximum Gasteiger partial charge on any atom is 0.191 e. The van der Waals surface area contributed by atoms with E-state index in [0.29, 0.717) is 12.5 Å². The lowest BCUT2D eigenvalue weighted by molar-refractivity contribution is 0.0179. The van der Waals surface area contributed by atoms with Crippen LogP contribution in [-0.2, 0) is 4.74 Å². The van der Waals surface area contributed by atoms with Crippen molar-refractivity contribution in [1.29, 1.82) is 0 Å². The number of piperazine rings is 1. The summed E-state index contributed by atoms with van der Waals surface area (Å²) in [6, 6.07) is 10.8. The summed E-state index contributed by atoms with van der Waals surface area (Å²) in [6.45, 7) is 7.70. The Balaban J connectivity index is 0.00000240. The Morgan fingerprint density at radius 1 is 1.10 bits per heavy atom. The average molecular weight is 528 g/mol. The molecule has 2 aromatic rings. The number of rotatable bonds is 5. The molecule has 158 valence electrons. The molecule has 4 rings (SSSR count). The first kappa shape index (κ1) is 22.3. The summed E-state index contributed by atoms with van der Waals surface area (Å²) < 4.78 is 5.53. The molecular formula is C20H29IN6OS. The van der Waals surface area contributed by atoms with Crippen LogP contribution < -0.4 is 10.6 Å². The van der Waals surface area contributed by atoms with Gasteiger partial charge in [0.05, 0.1) is 25.8 Å². The molecule has 1 aromatic carbocycles. The minimum absolute atomic E-state index is 0. The van der Waals surface area contributed by atoms with E-state index < -0.39 is 0 Å². The van der Waals surface area contributed by atoms with Gasteiger partial charge in [0.15, 0.2) is 11.1 Å². The number of halogens is 1. The fourth-order valence-electron chi connectivity index (χ4n) is 3.77. The van der Waals surface area contributed by atoms with E-state index in [-0.39, 0.29) is 30.0 Å². The van der Waals surface area contributed by atoms with Crippen LogP contribution in [0.2, 0.25) is 0 Å². The predicted molar refractivity (Wildman–Crippen MR) is 129 cm³/mol. The average Bonchev–Trinajstić information content (AvgIpc) is 3.30. The summed E-state index contributed by atoms with van der Waals surface area (Å²) in [4.78, 5) is 16.2. The van der Waals surface area contributed by atoms with Gasteiger partial charge in [0, 0.05) is 50.8 Å². The second-order valence-corrected chi connectivity index (χ2v) is 7.94. The Bertz CT molecular complexity index is 746. The van der Waals surface area contributed by atoms with E-state index in [1.54, 1.807) is 11.3 Å². The number of benzene rings is 1. The quantitative estimate of drug-likeness (QED) is 0.365. The van der Waals surface area contributed by atoms with Gasteiger partial charge in [-0.2, -0.15) is 0 Å². The van der Waals surface area contributed by atoms with Crippen molar-refractivity contribution in [3.63, 3.8) is 0 Å². The molecule has 2 saturated heterocycles. The van der Waals surface area contributed by atoms with E-state index in [4.69, 9.17) is 15.5 Å². The van der Waals surface area contributed by atoms with E-state index in [1.807, 2.05) is 11.6 Å². The molecule has 1 unspecified atom stereocenters. The van der Waals surface area contributed by atoms with E-state index in [9.17, 15) is 0 Å². The highest BCUT2D eigenvalue weighted by Crippen LogP contribution is 2.23. The lowest BCUT2D eigenvalue weighted by atomic mass is 10.1. The van der Waals surface area contributed by atoms with Gasteiger partial charge in [0.25, 0.3) is 0 Å². The van der Waals surface area contributed by atoms with Gasteiger partial charge in [0.1, 0.15) is 0 Å². The number of nitrogens with zero attached hydrogens (tertiary/aromatic N) is 5. The molecule has 1 aromatic heterocycles. The number of guanidine groups is 1. The van der Waals surface area contributed by atoms with Gasteiger partial charge in [-0.05, 0) is 5.56 Å². The molecule has 2 aliphatic rings. The van der Waals surface area contributed by atoms with Crippen molar-refractivity contribution in [2.45, 2.75) is 6.04 Å². The highest BCUT2D eigenvalue weighted by Gasteiger charge is 2.24. The summed E-state index contributed by atoms with van der Waals surface area (Å²) in [5.41, 5.74) is 7.66. The summed E-state index contributed by atoms with van der Waals surface area (Å²) in [7, 11) is 0. The Morgan fingerprint density at radius 3 is 2.48 bits per heavy atom. The smallest absolute Gasteiger partial charge is 0.191 e. The third-order valence-corrected chi connectivity index (χ3v) is 6.22. The number of nitrogens with two attached hydrogens (primary N) is 1. The molecule has 2 N–H and O–H groups in total. The standard InChI is InChI=1S/C20H28N6OS.HI/c21-19(25-7-9-26(10-8-25)20-22-6-15-28-20)23-16-18(17-4-2-1-3-5-17)24-11-13-27-14-12-24;/h1-6,15,18H,7-14,16H2,(H2,21,23);1H. The fraction of sp³-hybridized carbons (Fsp3) is 0.500. The largest absolute Gasteiger partial charge is 0.379 e. The highest BCUT2D eigenvalue weighted by atomic mass is 127. The molecular weight excluding hydrogens is 499 g/mol. The van der Waals surface area contributed by atoms with Gasteiger partial charge < -0.3 is 20.3 Å².